The molecule has 1 aliphatic rings. The van der Waals surface area contributed by atoms with Crippen molar-refractivity contribution in [3.05, 3.63) is 40.4 Å². The maximum atomic E-state index is 11.3. The van der Waals surface area contributed by atoms with Gasteiger partial charge in [-0.3, -0.25) is 4.79 Å². The molecule has 1 saturated heterocycles. The summed E-state index contributed by atoms with van der Waals surface area (Å²) in [6.07, 6.45) is 2.08. The second-order valence-electron chi connectivity index (χ2n) is 8.80. The lowest BCUT2D eigenvalue weighted by Crippen LogP contribution is -2.22. The van der Waals surface area contributed by atoms with Gasteiger partial charge in [0.05, 0.1) is 5.69 Å². The standard InChI is InChI=1S/C24H26N8OS2/c1-4-17-21(30(3)22-28-20(18(12-25)34-22)16-7-5-14(2)6-8-16)32-23(27-17)35-24(29-32)31-10-9-15(13-31)11-19(26)33/h5-8,15H,4,9-11,13H2,1-3H3,(H2,26,33). The van der Waals surface area contributed by atoms with Gasteiger partial charge < -0.3 is 15.5 Å². The normalized spacial score (nSPS) is 15.6. The fourth-order valence-corrected chi connectivity index (χ4v) is 6.25. The maximum Gasteiger partial charge on any atom is 0.217 e. The van der Waals surface area contributed by atoms with Gasteiger partial charge in [0.15, 0.2) is 10.9 Å². The molecule has 0 aliphatic carbocycles. The number of rotatable bonds is 7. The number of hydrogen-bond donors (Lipinski definition) is 1. The molecule has 0 radical (unpaired) electrons. The van der Waals surface area contributed by atoms with E-state index in [2.05, 4.69) is 17.9 Å². The molecular formula is C24H26N8OS2. The molecule has 3 aromatic heterocycles. The number of nitriles is 1. The second-order valence-corrected chi connectivity index (χ2v) is 10.7. The Hall–Kier alpha value is -3.49. The minimum Gasteiger partial charge on any atom is -0.370 e. The monoisotopic (exact) mass is 506 g/mol. The third-order valence-corrected chi connectivity index (χ3v) is 8.27. The predicted octanol–water partition coefficient (Wildman–Crippen LogP) is 4.13. The number of carbonyl (C=O) groups excluding carboxylic acids is 1. The number of fused-ring (bicyclic) bond motifs is 1. The van der Waals surface area contributed by atoms with Gasteiger partial charge in [0, 0.05) is 32.1 Å². The number of aromatic nitrogens is 4. The van der Waals surface area contributed by atoms with Gasteiger partial charge in [-0.15, -0.1) is 5.10 Å². The van der Waals surface area contributed by atoms with Gasteiger partial charge in [0.25, 0.3) is 0 Å². The van der Waals surface area contributed by atoms with Crippen molar-refractivity contribution >= 4 is 49.6 Å². The number of primary amides is 1. The SMILES string of the molecule is CCc1nc2sc(N3CCC(CC(N)=O)C3)nn2c1N(C)c1nc(-c2ccc(C)cc2)c(C#N)s1. The molecule has 35 heavy (non-hydrogen) atoms. The fourth-order valence-electron chi connectivity index (χ4n) is 4.45. The van der Waals surface area contributed by atoms with Crippen LogP contribution in [0.5, 0.6) is 0 Å². The molecule has 1 amide bonds. The van der Waals surface area contributed by atoms with Crippen LogP contribution in [-0.4, -0.2) is 45.6 Å². The molecule has 1 atom stereocenters. The lowest BCUT2D eigenvalue weighted by Gasteiger charge is -2.16. The average molecular weight is 507 g/mol. The van der Waals surface area contributed by atoms with Crippen molar-refractivity contribution in [1.82, 2.24) is 19.6 Å². The highest BCUT2D eigenvalue weighted by atomic mass is 32.1. The summed E-state index contributed by atoms with van der Waals surface area (Å²) >= 11 is 2.91. The Kier molecular flexibility index (Phi) is 6.17. The summed E-state index contributed by atoms with van der Waals surface area (Å²) in [5.74, 6) is 0.857. The Labute approximate surface area is 211 Å². The van der Waals surface area contributed by atoms with Crippen molar-refractivity contribution in [2.75, 3.05) is 29.9 Å². The third kappa shape index (κ3) is 4.35. The lowest BCUT2D eigenvalue weighted by molar-refractivity contribution is -0.118. The summed E-state index contributed by atoms with van der Waals surface area (Å²) in [7, 11) is 1.94. The Balaban J connectivity index is 1.49. The number of thiazole rings is 1. The quantitative estimate of drug-likeness (QED) is 0.401. The molecule has 1 fully saturated rings. The summed E-state index contributed by atoms with van der Waals surface area (Å²) in [4.78, 5) is 26.6. The molecule has 4 aromatic rings. The number of nitrogens with two attached hydrogens (primary N) is 1. The van der Waals surface area contributed by atoms with Gasteiger partial charge in [0.2, 0.25) is 16.0 Å². The van der Waals surface area contributed by atoms with Gasteiger partial charge in [-0.25, -0.2) is 9.97 Å². The third-order valence-electron chi connectivity index (χ3n) is 6.27. The smallest absolute Gasteiger partial charge is 0.217 e. The van der Waals surface area contributed by atoms with Crippen molar-refractivity contribution in [2.45, 2.75) is 33.1 Å². The maximum absolute atomic E-state index is 11.3. The molecule has 0 saturated carbocycles. The Morgan fingerprint density at radius 2 is 2.06 bits per heavy atom. The molecule has 2 N–H and O–H groups in total. The number of benzene rings is 1. The fraction of sp³-hybridized carbons (Fsp3) is 0.375. The predicted molar refractivity (Wildman–Crippen MR) is 139 cm³/mol. The highest BCUT2D eigenvalue weighted by Crippen LogP contribution is 2.38. The number of anilines is 3. The van der Waals surface area contributed by atoms with Crippen LogP contribution in [0.3, 0.4) is 0 Å². The van der Waals surface area contributed by atoms with Crippen molar-refractivity contribution in [3.8, 4) is 17.3 Å². The van der Waals surface area contributed by atoms with Gasteiger partial charge in [-0.2, -0.15) is 9.78 Å². The van der Waals surface area contributed by atoms with Crippen LogP contribution in [0.1, 0.15) is 35.9 Å². The number of amides is 1. The van der Waals surface area contributed by atoms with E-state index in [1.807, 2.05) is 47.7 Å². The first-order valence-electron chi connectivity index (χ1n) is 11.5. The summed E-state index contributed by atoms with van der Waals surface area (Å²) < 4.78 is 1.87. The minimum atomic E-state index is -0.257. The number of hydrogen-bond acceptors (Lipinski definition) is 9. The molecule has 9 nitrogen and oxygen atoms in total. The summed E-state index contributed by atoms with van der Waals surface area (Å²) in [5, 5.41) is 16.3. The Morgan fingerprint density at radius 1 is 1.29 bits per heavy atom. The highest BCUT2D eigenvalue weighted by Gasteiger charge is 2.29. The van der Waals surface area contributed by atoms with E-state index in [1.54, 1.807) is 11.3 Å². The second kappa shape index (κ2) is 9.28. The average Bonchev–Trinajstić information content (AvgIpc) is 3.60. The molecular weight excluding hydrogens is 480 g/mol. The van der Waals surface area contributed by atoms with Crippen molar-refractivity contribution in [1.29, 1.82) is 5.26 Å². The van der Waals surface area contributed by atoms with Crippen LogP contribution in [0.4, 0.5) is 16.1 Å². The van der Waals surface area contributed by atoms with E-state index in [-0.39, 0.29) is 11.8 Å². The van der Waals surface area contributed by atoms with Crippen LogP contribution in [0, 0.1) is 24.2 Å². The van der Waals surface area contributed by atoms with E-state index in [0.717, 1.165) is 58.7 Å². The van der Waals surface area contributed by atoms with Gasteiger partial charge >= 0.3 is 0 Å². The van der Waals surface area contributed by atoms with Crippen LogP contribution in [-0.2, 0) is 11.2 Å². The molecule has 1 unspecified atom stereocenters. The number of aryl methyl sites for hydroxylation is 2. The molecule has 0 spiro atoms. The zero-order valence-corrected chi connectivity index (χ0v) is 21.5. The number of imidazole rings is 1. The van der Waals surface area contributed by atoms with Gasteiger partial charge in [-0.05, 0) is 25.7 Å². The first-order chi connectivity index (χ1) is 16.9. The molecule has 1 aromatic carbocycles. The first kappa shape index (κ1) is 23.3. The Bertz CT molecular complexity index is 1430. The molecule has 11 heteroatoms. The van der Waals surface area contributed by atoms with Crippen LogP contribution in [0.25, 0.3) is 16.2 Å². The number of carbonyl (C=O) groups is 1. The molecule has 1 aliphatic heterocycles. The van der Waals surface area contributed by atoms with E-state index >= 15 is 0 Å². The minimum absolute atomic E-state index is 0.257. The Morgan fingerprint density at radius 3 is 2.74 bits per heavy atom. The van der Waals surface area contributed by atoms with Gasteiger partial charge in [-0.1, -0.05) is 59.4 Å². The van der Waals surface area contributed by atoms with Gasteiger partial charge in [0.1, 0.15) is 16.6 Å². The zero-order valence-electron chi connectivity index (χ0n) is 19.9. The molecule has 0 bridgehead atoms. The van der Waals surface area contributed by atoms with E-state index in [4.69, 9.17) is 20.8 Å². The van der Waals surface area contributed by atoms with Crippen LogP contribution >= 0.6 is 22.7 Å². The summed E-state index contributed by atoms with van der Waals surface area (Å²) in [6, 6.07) is 10.4. The largest absolute Gasteiger partial charge is 0.370 e. The van der Waals surface area contributed by atoms with Crippen LogP contribution in [0.15, 0.2) is 24.3 Å². The molecule has 180 valence electrons. The van der Waals surface area contributed by atoms with E-state index in [9.17, 15) is 10.1 Å². The van der Waals surface area contributed by atoms with Crippen LogP contribution < -0.4 is 15.5 Å². The lowest BCUT2D eigenvalue weighted by atomic mass is 10.1. The topological polar surface area (TPSA) is 116 Å². The molecule has 5 rings (SSSR count). The summed E-state index contributed by atoms with van der Waals surface area (Å²) in [6.45, 7) is 5.72. The summed E-state index contributed by atoms with van der Waals surface area (Å²) in [5.41, 5.74) is 9.09. The van der Waals surface area contributed by atoms with E-state index in [1.165, 1.54) is 11.3 Å². The highest BCUT2D eigenvalue weighted by molar-refractivity contribution is 7.20. The first-order valence-corrected chi connectivity index (χ1v) is 13.1. The molecule has 4 heterocycles. The van der Waals surface area contributed by atoms with Crippen LogP contribution in [0.2, 0.25) is 0 Å². The van der Waals surface area contributed by atoms with Crippen molar-refractivity contribution in [3.63, 3.8) is 0 Å². The van der Waals surface area contributed by atoms with Crippen molar-refractivity contribution < 1.29 is 4.79 Å². The van der Waals surface area contributed by atoms with E-state index < -0.39 is 0 Å². The van der Waals surface area contributed by atoms with E-state index in [0.29, 0.717) is 22.1 Å². The zero-order chi connectivity index (χ0) is 24.7. The number of nitrogens with zero attached hydrogens (tertiary/aromatic N) is 7. The van der Waals surface area contributed by atoms with Crippen molar-refractivity contribution in [2.24, 2.45) is 11.7 Å².